The van der Waals surface area contributed by atoms with Gasteiger partial charge in [0.25, 0.3) is 5.72 Å². The van der Waals surface area contributed by atoms with E-state index >= 15 is 0 Å². The summed E-state index contributed by atoms with van der Waals surface area (Å²) < 4.78 is 40.3. The van der Waals surface area contributed by atoms with Crippen LogP contribution in [-0.2, 0) is 11.2 Å². The van der Waals surface area contributed by atoms with Gasteiger partial charge in [0.05, 0.1) is 6.42 Å². The average Bonchev–Trinajstić information content (AvgIpc) is 2.81. The summed E-state index contributed by atoms with van der Waals surface area (Å²) >= 11 is 6.05. The summed E-state index contributed by atoms with van der Waals surface area (Å²) in [6.07, 6.45) is -6.19. The molecule has 1 heterocycles. The van der Waals surface area contributed by atoms with Crippen LogP contribution in [0.2, 0.25) is 5.02 Å². The van der Waals surface area contributed by atoms with E-state index in [9.17, 15) is 23.1 Å². The van der Waals surface area contributed by atoms with Gasteiger partial charge >= 0.3 is 6.18 Å². The Morgan fingerprint density at radius 2 is 1.96 bits per heavy atom. The number of carbonyl (C=O) groups is 1. The lowest BCUT2D eigenvalue weighted by Crippen LogP contribution is -2.57. The van der Waals surface area contributed by atoms with Gasteiger partial charge in [-0.15, -0.1) is 0 Å². The van der Waals surface area contributed by atoms with E-state index < -0.39 is 36.1 Å². The van der Waals surface area contributed by atoms with E-state index in [1.807, 2.05) is 0 Å². The molecule has 0 unspecified atom stereocenters. The number of amides is 1. The molecular formula is C17H20ClF3N2O2. The number of aliphatic hydroxyl groups is 1. The third-order valence-electron chi connectivity index (χ3n) is 4.09. The van der Waals surface area contributed by atoms with Gasteiger partial charge in [0.15, 0.2) is 0 Å². The molecule has 0 bridgehead atoms. The van der Waals surface area contributed by atoms with Crippen molar-refractivity contribution < 1.29 is 23.1 Å². The van der Waals surface area contributed by atoms with Crippen LogP contribution in [0.4, 0.5) is 13.2 Å². The highest BCUT2D eigenvalue weighted by molar-refractivity contribution is 6.31. The first-order chi connectivity index (χ1) is 11.3. The molecule has 138 valence electrons. The highest BCUT2D eigenvalue weighted by atomic mass is 35.5. The number of halogens is 4. The minimum absolute atomic E-state index is 0.107. The molecular weight excluding hydrogens is 357 g/mol. The van der Waals surface area contributed by atoms with Crippen molar-refractivity contribution in [3.05, 3.63) is 34.3 Å². The van der Waals surface area contributed by atoms with Crippen molar-refractivity contribution in [2.75, 3.05) is 0 Å². The molecule has 0 radical (unpaired) electrons. The van der Waals surface area contributed by atoms with Crippen LogP contribution >= 0.6 is 11.6 Å². The number of hydrogen-bond acceptors (Lipinski definition) is 3. The monoisotopic (exact) mass is 376 g/mol. The summed E-state index contributed by atoms with van der Waals surface area (Å²) in [4.78, 5) is 12.5. The Kier molecular flexibility index (Phi) is 4.96. The SMILES string of the molecule is Cc1ccc(CC(=O)N2N=C(C(C)(C)C)C[C@@]2(O)C(F)(F)F)c(Cl)c1. The molecule has 1 atom stereocenters. The zero-order valence-corrected chi connectivity index (χ0v) is 15.2. The molecule has 1 aromatic carbocycles. The Labute approximate surface area is 149 Å². The summed E-state index contributed by atoms with van der Waals surface area (Å²) in [6.45, 7) is 6.83. The second-order valence-electron chi connectivity index (χ2n) is 7.27. The first-order valence-electron chi connectivity index (χ1n) is 7.71. The van der Waals surface area contributed by atoms with Gasteiger partial charge in [-0.3, -0.25) is 4.79 Å². The van der Waals surface area contributed by atoms with Crippen LogP contribution in [0.3, 0.4) is 0 Å². The molecule has 1 N–H and O–H groups in total. The fourth-order valence-electron chi connectivity index (χ4n) is 2.48. The lowest BCUT2D eigenvalue weighted by molar-refractivity contribution is -0.302. The Morgan fingerprint density at radius 1 is 1.36 bits per heavy atom. The number of alkyl halides is 3. The maximum atomic E-state index is 13.4. The number of hydrogen-bond donors (Lipinski definition) is 1. The van der Waals surface area contributed by atoms with Crippen molar-refractivity contribution in [1.82, 2.24) is 5.01 Å². The first kappa shape index (κ1) is 19.7. The third-order valence-corrected chi connectivity index (χ3v) is 4.44. The molecule has 1 amide bonds. The zero-order chi connectivity index (χ0) is 19.2. The van der Waals surface area contributed by atoms with Crippen LogP contribution in [0.1, 0.15) is 38.3 Å². The number of nitrogens with zero attached hydrogens (tertiary/aromatic N) is 2. The minimum atomic E-state index is -5.03. The molecule has 25 heavy (non-hydrogen) atoms. The maximum Gasteiger partial charge on any atom is 0.438 e. The number of aryl methyl sites for hydroxylation is 1. The standard InChI is InChI=1S/C17H20ClF3N2O2/c1-10-5-6-11(12(18)7-10)8-14(24)23-16(25,17(19,20)21)9-13(22-23)15(2,3)4/h5-7,25H,8-9H2,1-4H3/t16-/m1/s1. The van der Waals surface area contributed by atoms with Crippen LogP contribution in [0.5, 0.6) is 0 Å². The van der Waals surface area contributed by atoms with Crippen molar-refractivity contribution in [1.29, 1.82) is 0 Å². The predicted octanol–water partition coefficient (Wildman–Crippen LogP) is 4.08. The molecule has 0 spiro atoms. The van der Waals surface area contributed by atoms with Gasteiger partial charge in [-0.2, -0.15) is 23.3 Å². The smallest absolute Gasteiger partial charge is 0.362 e. The minimum Gasteiger partial charge on any atom is -0.362 e. The van der Waals surface area contributed by atoms with Gasteiger partial charge in [0, 0.05) is 22.6 Å². The maximum absolute atomic E-state index is 13.4. The van der Waals surface area contributed by atoms with Gasteiger partial charge in [-0.1, -0.05) is 44.5 Å². The Balaban J connectivity index is 2.38. The molecule has 0 fully saturated rings. The second-order valence-corrected chi connectivity index (χ2v) is 7.67. The largest absolute Gasteiger partial charge is 0.438 e. The predicted molar refractivity (Wildman–Crippen MR) is 89.3 cm³/mol. The van der Waals surface area contributed by atoms with Crippen molar-refractivity contribution in [3.8, 4) is 0 Å². The molecule has 8 heteroatoms. The fraction of sp³-hybridized carbons (Fsp3) is 0.529. The lowest BCUT2D eigenvalue weighted by Gasteiger charge is -2.33. The van der Waals surface area contributed by atoms with Gasteiger partial charge in [0.2, 0.25) is 5.91 Å². The average molecular weight is 377 g/mol. The topological polar surface area (TPSA) is 52.9 Å². The van der Waals surface area contributed by atoms with Crippen molar-refractivity contribution in [3.63, 3.8) is 0 Å². The number of hydrazone groups is 1. The summed E-state index contributed by atoms with van der Waals surface area (Å²) in [5.41, 5.74) is -2.71. The van der Waals surface area contributed by atoms with Crippen LogP contribution in [0, 0.1) is 12.3 Å². The van der Waals surface area contributed by atoms with E-state index in [0.717, 1.165) is 5.56 Å². The lowest BCUT2D eigenvalue weighted by atomic mass is 9.86. The van der Waals surface area contributed by atoms with E-state index in [-0.39, 0.29) is 15.7 Å². The number of rotatable bonds is 2. The van der Waals surface area contributed by atoms with Crippen molar-refractivity contribution >= 4 is 23.2 Å². The second kappa shape index (κ2) is 6.29. The molecule has 4 nitrogen and oxygen atoms in total. The first-order valence-corrected chi connectivity index (χ1v) is 8.08. The van der Waals surface area contributed by atoms with E-state index in [4.69, 9.17) is 11.6 Å². The van der Waals surface area contributed by atoms with Crippen LogP contribution in [0.15, 0.2) is 23.3 Å². The highest BCUT2D eigenvalue weighted by Crippen LogP contribution is 2.43. The Bertz CT molecular complexity index is 726. The highest BCUT2D eigenvalue weighted by Gasteiger charge is 2.63. The fourth-order valence-corrected chi connectivity index (χ4v) is 2.78. The summed E-state index contributed by atoms with van der Waals surface area (Å²) in [5, 5.41) is 14.5. The molecule has 1 aliphatic heterocycles. The molecule has 0 saturated carbocycles. The summed E-state index contributed by atoms with van der Waals surface area (Å²) in [6, 6.07) is 4.90. The molecule has 0 aliphatic carbocycles. The van der Waals surface area contributed by atoms with E-state index in [2.05, 4.69) is 5.10 Å². The number of carbonyl (C=O) groups excluding carboxylic acids is 1. The van der Waals surface area contributed by atoms with Crippen molar-refractivity contribution in [2.24, 2.45) is 10.5 Å². The Morgan fingerprint density at radius 3 is 2.44 bits per heavy atom. The van der Waals surface area contributed by atoms with Gasteiger partial charge < -0.3 is 5.11 Å². The molecule has 2 rings (SSSR count). The summed E-state index contributed by atoms with van der Waals surface area (Å²) in [7, 11) is 0. The van der Waals surface area contributed by atoms with Gasteiger partial charge in [-0.05, 0) is 24.1 Å². The molecule has 1 aliphatic rings. The third kappa shape index (κ3) is 3.82. The number of benzene rings is 1. The van der Waals surface area contributed by atoms with Crippen LogP contribution < -0.4 is 0 Å². The normalized spacial score (nSPS) is 21.5. The molecule has 1 aromatic rings. The van der Waals surface area contributed by atoms with Crippen LogP contribution in [-0.4, -0.2) is 33.6 Å². The molecule has 0 saturated heterocycles. The van der Waals surface area contributed by atoms with Gasteiger partial charge in [-0.25, -0.2) is 0 Å². The van der Waals surface area contributed by atoms with Crippen LogP contribution in [0.25, 0.3) is 0 Å². The Hall–Kier alpha value is -1.60. The van der Waals surface area contributed by atoms with E-state index in [1.54, 1.807) is 45.9 Å². The van der Waals surface area contributed by atoms with E-state index in [1.165, 1.54) is 0 Å². The summed E-state index contributed by atoms with van der Waals surface area (Å²) in [5.74, 6) is -0.968. The van der Waals surface area contributed by atoms with Crippen molar-refractivity contribution in [2.45, 2.75) is 52.4 Å². The van der Waals surface area contributed by atoms with Gasteiger partial charge in [0.1, 0.15) is 0 Å². The zero-order valence-electron chi connectivity index (χ0n) is 14.4. The van der Waals surface area contributed by atoms with E-state index in [0.29, 0.717) is 5.56 Å². The quantitative estimate of drug-likeness (QED) is 0.845. The molecule has 0 aromatic heterocycles.